The van der Waals surface area contributed by atoms with Crippen LogP contribution in [0.25, 0.3) is 11.2 Å². The number of aromatic nitrogens is 3. The Hall–Kier alpha value is -2.69. The summed E-state index contributed by atoms with van der Waals surface area (Å²) in [6.45, 7) is 7.55. The van der Waals surface area contributed by atoms with E-state index in [1.54, 1.807) is 0 Å². The van der Waals surface area contributed by atoms with Gasteiger partial charge in [-0.15, -0.1) is 0 Å². The van der Waals surface area contributed by atoms with Crippen molar-refractivity contribution in [2.75, 3.05) is 6.54 Å². The molecule has 31 heavy (non-hydrogen) atoms. The van der Waals surface area contributed by atoms with Crippen molar-refractivity contribution in [1.29, 1.82) is 0 Å². The van der Waals surface area contributed by atoms with E-state index in [1.807, 2.05) is 49.2 Å². The Morgan fingerprint density at radius 1 is 1.16 bits per heavy atom. The minimum atomic E-state index is 0.107. The maximum atomic E-state index is 13.6. The van der Waals surface area contributed by atoms with Crippen LogP contribution in [0.1, 0.15) is 85.2 Å². The Morgan fingerprint density at radius 3 is 2.74 bits per heavy atom. The number of carbonyl (C=O) groups is 1. The van der Waals surface area contributed by atoms with Crippen LogP contribution in [-0.4, -0.2) is 31.9 Å². The first-order chi connectivity index (χ1) is 15.1. The van der Waals surface area contributed by atoms with Gasteiger partial charge >= 0.3 is 0 Å². The third-order valence-corrected chi connectivity index (χ3v) is 6.49. The van der Waals surface area contributed by atoms with Crippen LogP contribution in [-0.2, 0) is 6.54 Å². The number of amides is 1. The number of hydrogen-bond acceptors (Lipinski definition) is 3. The van der Waals surface area contributed by atoms with E-state index in [0.29, 0.717) is 12.6 Å². The lowest BCUT2D eigenvalue weighted by Crippen LogP contribution is -2.33. The molecular formula is C26H34N4O. The molecule has 0 saturated heterocycles. The largest absolute Gasteiger partial charge is 0.331 e. The molecule has 1 fully saturated rings. The second kappa shape index (κ2) is 9.63. The molecule has 2 heterocycles. The van der Waals surface area contributed by atoms with Crippen LogP contribution >= 0.6 is 0 Å². The average molecular weight is 419 g/mol. The van der Waals surface area contributed by atoms with Crippen molar-refractivity contribution in [2.45, 2.75) is 78.3 Å². The molecule has 3 aromatic rings. The molecule has 5 nitrogen and oxygen atoms in total. The molecule has 1 aliphatic carbocycles. The highest BCUT2D eigenvalue weighted by Crippen LogP contribution is 2.33. The predicted octanol–water partition coefficient (Wildman–Crippen LogP) is 6.00. The molecule has 164 valence electrons. The van der Waals surface area contributed by atoms with Crippen LogP contribution in [0, 0.1) is 13.8 Å². The Kier molecular flexibility index (Phi) is 6.69. The van der Waals surface area contributed by atoms with E-state index in [4.69, 9.17) is 4.98 Å². The lowest BCUT2D eigenvalue weighted by Gasteiger charge is -2.25. The molecule has 2 aromatic heterocycles. The maximum absolute atomic E-state index is 13.6. The number of hydrogen-bond donors (Lipinski definition) is 0. The molecule has 0 aliphatic heterocycles. The van der Waals surface area contributed by atoms with Crippen LogP contribution in [0.15, 0.2) is 36.5 Å². The van der Waals surface area contributed by atoms with E-state index in [2.05, 4.69) is 22.5 Å². The highest BCUT2D eigenvalue weighted by atomic mass is 16.2. The van der Waals surface area contributed by atoms with Gasteiger partial charge in [0.25, 0.3) is 5.91 Å². The van der Waals surface area contributed by atoms with Crippen LogP contribution in [0.5, 0.6) is 0 Å². The quantitative estimate of drug-likeness (QED) is 0.422. The van der Waals surface area contributed by atoms with Crippen LogP contribution in [0.2, 0.25) is 0 Å². The van der Waals surface area contributed by atoms with E-state index in [1.165, 1.54) is 12.8 Å². The molecule has 1 aromatic carbocycles. The van der Waals surface area contributed by atoms with Crippen LogP contribution in [0.3, 0.4) is 0 Å². The summed E-state index contributed by atoms with van der Waals surface area (Å²) in [7, 11) is 0. The molecule has 0 radical (unpaired) electrons. The highest BCUT2D eigenvalue weighted by Gasteiger charge is 2.26. The van der Waals surface area contributed by atoms with Gasteiger partial charge in [-0.05, 0) is 56.9 Å². The summed E-state index contributed by atoms with van der Waals surface area (Å²) in [6.07, 6.45) is 9.93. The lowest BCUT2D eigenvalue weighted by atomic mass is 10.0. The monoisotopic (exact) mass is 418 g/mol. The van der Waals surface area contributed by atoms with Crippen molar-refractivity contribution < 1.29 is 4.79 Å². The van der Waals surface area contributed by atoms with Crippen molar-refractivity contribution in [2.24, 2.45) is 0 Å². The standard InChI is InChI=1S/C26H34N4O/c1-4-5-8-16-29(26(31)22-17-19(2)13-14-20(22)3)18-24-28-23-12-9-15-27-25(23)30(24)21-10-6-7-11-21/h9,12-15,17,21H,4-8,10-11,16,18H2,1-3H3. The summed E-state index contributed by atoms with van der Waals surface area (Å²) in [6, 6.07) is 10.5. The number of nitrogens with zero attached hydrogens (tertiary/aromatic N) is 4. The molecule has 0 spiro atoms. The van der Waals surface area contributed by atoms with Crippen molar-refractivity contribution in [3.05, 3.63) is 59.0 Å². The molecular weight excluding hydrogens is 384 g/mol. The zero-order valence-electron chi connectivity index (χ0n) is 19.1. The number of carbonyl (C=O) groups excluding carboxylic acids is 1. The summed E-state index contributed by atoms with van der Waals surface area (Å²) in [5.74, 6) is 1.08. The zero-order valence-corrected chi connectivity index (χ0v) is 19.1. The molecule has 1 aliphatic rings. The van der Waals surface area contributed by atoms with E-state index < -0.39 is 0 Å². The van der Waals surface area contributed by atoms with Crippen LogP contribution < -0.4 is 0 Å². The Bertz CT molecular complexity index is 1050. The van der Waals surface area contributed by atoms with E-state index in [0.717, 1.165) is 72.3 Å². The van der Waals surface area contributed by atoms with Gasteiger partial charge in [-0.2, -0.15) is 0 Å². The van der Waals surface area contributed by atoms with Gasteiger partial charge in [-0.1, -0.05) is 50.3 Å². The number of rotatable bonds is 8. The fourth-order valence-electron chi connectivity index (χ4n) is 4.75. The predicted molar refractivity (Wildman–Crippen MR) is 125 cm³/mol. The minimum Gasteiger partial charge on any atom is -0.331 e. The zero-order chi connectivity index (χ0) is 21.8. The number of fused-ring (bicyclic) bond motifs is 1. The fourth-order valence-corrected chi connectivity index (χ4v) is 4.75. The highest BCUT2D eigenvalue weighted by molar-refractivity contribution is 5.95. The van der Waals surface area contributed by atoms with E-state index >= 15 is 0 Å². The average Bonchev–Trinajstić information content (AvgIpc) is 3.41. The van der Waals surface area contributed by atoms with E-state index in [-0.39, 0.29) is 5.91 Å². The summed E-state index contributed by atoms with van der Waals surface area (Å²) >= 11 is 0. The third kappa shape index (κ3) is 4.65. The van der Waals surface area contributed by atoms with Gasteiger partial charge in [0, 0.05) is 24.3 Å². The Labute approximate surface area is 185 Å². The molecule has 0 bridgehead atoms. The Balaban J connectivity index is 1.70. The molecule has 1 saturated carbocycles. The third-order valence-electron chi connectivity index (χ3n) is 6.49. The summed E-state index contributed by atoms with van der Waals surface area (Å²) in [5.41, 5.74) is 4.83. The smallest absolute Gasteiger partial charge is 0.254 e. The Morgan fingerprint density at radius 2 is 1.97 bits per heavy atom. The van der Waals surface area contributed by atoms with Crippen molar-refractivity contribution in [3.63, 3.8) is 0 Å². The second-order valence-electron chi connectivity index (χ2n) is 8.93. The van der Waals surface area contributed by atoms with Gasteiger partial charge in [-0.3, -0.25) is 4.79 Å². The first-order valence-corrected chi connectivity index (χ1v) is 11.8. The van der Waals surface area contributed by atoms with Gasteiger partial charge in [0.1, 0.15) is 11.3 Å². The van der Waals surface area contributed by atoms with Gasteiger partial charge in [0.2, 0.25) is 0 Å². The normalized spacial score (nSPS) is 14.4. The molecule has 5 heteroatoms. The number of aryl methyl sites for hydroxylation is 2. The van der Waals surface area contributed by atoms with Crippen molar-refractivity contribution in [1.82, 2.24) is 19.4 Å². The number of unbranched alkanes of at least 4 members (excludes halogenated alkanes) is 2. The molecule has 0 N–H and O–H groups in total. The number of benzene rings is 1. The van der Waals surface area contributed by atoms with Crippen molar-refractivity contribution >= 4 is 17.1 Å². The first kappa shape index (κ1) is 21.5. The second-order valence-corrected chi connectivity index (χ2v) is 8.93. The summed E-state index contributed by atoms with van der Waals surface area (Å²) < 4.78 is 2.32. The topological polar surface area (TPSA) is 51.0 Å². The molecule has 0 atom stereocenters. The van der Waals surface area contributed by atoms with E-state index in [9.17, 15) is 4.79 Å². The summed E-state index contributed by atoms with van der Waals surface area (Å²) in [4.78, 5) is 25.2. The van der Waals surface area contributed by atoms with Gasteiger partial charge in [0.05, 0.1) is 6.54 Å². The molecule has 4 rings (SSSR count). The SMILES string of the molecule is CCCCCN(Cc1nc2cccnc2n1C1CCCC1)C(=O)c1cc(C)ccc1C. The minimum absolute atomic E-state index is 0.107. The van der Waals surface area contributed by atoms with Crippen molar-refractivity contribution in [3.8, 4) is 0 Å². The van der Waals surface area contributed by atoms with Gasteiger partial charge in [0.15, 0.2) is 5.65 Å². The fraction of sp³-hybridized carbons (Fsp3) is 0.500. The van der Waals surface area contributed by atoms with Gasteiger partial charge < -0.3 is 9.47 Å². The number of imidazole rings is 1. The number of pyridine rings is 1. The first-order valence-electron chi connectivity index (χ1n) is 11.8. The maximum Gasteiger partial charge on any atom is 0.254 e. The molecule has 0 unspecified atom stereocenters. The van der Waals surface area contributed by atoms with Crippen LogP contribution in [0.4, 0.5) is 0 Å². The lowest BCUT2D eigenvalue weighted by molar-refractivity contribution is 0.0732. The van der Waals surface area contributed by atoms with Gasteiger partial charge in [-0.25, -0.2) is 9.97 Å². The summed E-state index contributed by atoms with van der Waals surface area (Å²) in [5, 5.41) is 0. The molecule has 1 amide bonds.